The van der Waals surface area contributed by atoms with E-state index in [1.165, 1.54) is 27.8 Å². The molecule has 0 amide bonds. The molecule has 0 saturated heterocycles. The number of aryl methyl sites for hydroxylation is 2. The number of anilines is 2. The van der Waals surface area contributed by atoms with Crippen molar-refractivity contribution in [2.24, 2.45) is 7.05 Å². The van der Waals surface area contributed by atoms with Gasteiger partial charge < -0.3 is 4.90 Å². The Hall–Kier alpha value is -2.81. The summed E-state index contributed by atoms with van der Waals surface area (Å²) in [4.78, 5) is 4.64. The van der Waals surface area contributed by atoms with Crippen molar-refractivity contribution < 1.29 is 4.57 Å². The summed E-state index contributed by atoms with van der Waals surface area (Å²) in [6.45, 7) is 4.45. The Kier molecular flexibility index (Phi) is 3.49. The topological polar surface area (TPSA) is 10.4 Å². The molecule has 0 unspecified atom stereocenters. The van der Waals surface area contributed by atoms with Crippen LogP contribution in [0.25, 0.3) is 10.8 Å². The third-order valence-electron chi connectivity index (χ3n) is 4.93. The third-order valence-corrected chi connectivity index (χ3v) is 4.93. The molecule has 0 fully saturated rings. The van der Waals surface area contributed by atoms with Crippen LogP contribution in [0.1, 0.15) is 12.5 Å². The van der Waals surface area contributed by atoms with Gasteiger partial charge >= 0.3 is 0 Å². The minimum atomic E-state index is 0.235. The van der Waals surface area contributed by atoms with Gasteiger partial charge in [0, 0.05) is 18.0 Å². The van der Waals surface area contributed by atoms with Crippen molar-refractivity contribution in [1.29, 1.82) is 0 Å². The number of aromatic nitrogens is 1. The number of hydrogen-bond donors (Lipinski definition) is 0. The van der Waals surface area contributed by atoms with Crippen molar-refractivity contribution in [2.75, 3.05) is 9.80 Å². The van der Waals surface area contributed by atoms with Crippen LogP contribution in [0.3, 0.4) is 0 Å². The maximum absolute atomic E-state index is 2.34. The van der Waals surface area contributed by atoms with E-state index in [2.05, 4.69) is 108 Å². The normalized spacial score (nSPS) is 17.0. The zero-order valence-electron chi connectivity index (χ0n) is 14.3. The second-order valence-electron chi connectivity index (χ2n) is 6.35. The molecule has 0 radical (unpaired) electrons. The molecule has 0 bridgehead atoms. The predicted molar refractivity (Wildman–Crippen MR) is 99.9 cm³/mol. The van der Waals surface area contributed by atoms with Gasteiger partial charge in [0.15, 0.2) is 6.17 Å². The summed E-state index contributed by atoms with van der Waals surface area (Å²) in [5.74, 6) is 1.18. The van der Waals surface area contributed by atoms with Crippen LogP contribution in [-0.4, -0.2) is 6.17 Å². The number of pyridine rings is 1. The van der Waals surface area contributed by atoms with E-state index >= 15 is 0 Å². The lowest BCUT2D eigenvalue weighted by molar-refractivity contribution is -0.658. The van der Waals surface area contributed by atoms with E-state index in [1.54, 1.807) is 0 Å². The Labute approximate surface area is 143 Å². The van der Waals surface area contributed by atoms with Crippen LogP contribution in [0, 0.1) is 6.92 Å². The monoisotopic (exact) mass is 316 g/mol. The van der Waals surface area contributed by atoms with Crippen molar-refractivity contribution in [2.45, 2.75) is 20.0 Å². The van der Waals surface area contributed by atoms with Gasteiger partial charge in [0.2, 0.25) is 0 Å². The van der Waals surface area contributed by atoms with Gasteiger partial charge in [-0.2, -0.15) is 0 Å². The molecular formula is C21H22N3+. The summed E-state index contributed by atoms with van der Waals surface area (Å²) in [6, 6.07) is 19.3. The van der Waals surface area contributed by atoms with E-state index in [0.717, 1.165) is 0 Å². The zero-order valence-corrected chi connectivity index (χ0v) is 14.3. The first-order valence-electron chi connectivity index (χ1n) is 8.35. The van der Waals surface area contributed by atoms with Gasteiger partial charge in [0.25, 0.3) is 5.82 Å². The highest BCUT2D eigenvalue weighted by Gasteiger charge is 2.32. The second-order valence-corrected chi connectivity index (χ2v) is 6.35. The molecule has 2 heterocycles. The maximum Gasteiger partial charge on any atom is 0.282 e. The molecule has 3 aromatic rings. The largest absolute Gasteiger partial charge is 0.305 e. The van der Waals surface area contributed by atoms with Gasteiger partial charge in [-0.05, 0) is 42.3 Å². The highest BCUT2D eigenvalue weighted by Crippen LogP contribution is 2.33. The van der Waals surface area contributed by atoms with Crippen LogP contribution in [0.15, 0.2) is 73.2 Å². The summed E-state index contributed by atoms with van der Waals surface area (Å²) in [5.41, 5.74) is 2.59. The zero-order chi connectivity index (χ0) is 16.7. The fourth-order valence-corrected chi connectivity index (χ4v) is 3.55. The van der Waals surface area contributed by atoms with Crippen molar-refractivity contribution >= 4 is 22.3 Å². The Morgan fingerprint density at radius 1 is 0.875 bits per heavy atom. The molecular weight excluding hydrogens is 294 g/mol. The fraction of sp³-hybridized carbons (Fsp3) is 0.190. The van der Waals surface area contributed by atoms with Crippen LogP contribution in [-0.2, 0) is 7.05 Å². The van der Waals surface area contributed by atoms with Crippen LogP contribution in [0.5, 0.6) is 0 Å². The Morgan fingerprint density at radius 3 is 2.46 bits per heavy atom. The molecule has 0 N–H and O–H groups in total. The number of fused-ring (bicyclic) bond motifs is 1. The lowest BCUT2D eigenvalue weighted by atomic mass is 10.0. The summed E-state index contributed by atoms with van der Waals surface area (Å²) in [7, 11) is 2.08. The lowest BCUT2D eigenvalue weighted by Gasteiger charge is -2.26. The molecule has 1 aliphatic rings. The third kappa shape index (κ3) is 2.24. The average molecular weight is 316 g/mol. The Morgan fingerprint density at radius 2 is 1.62 bits per heavy atom. The number of benzene rings is 2. The molecule has 3 nitrogen and oxygen atoms in total. The van der Waals surface area contributed by atoms with Crippen molar-refractivity contribution in [3.05, 3.63) is 78.8 Å². The SMILES string of the molecule is Cc1c(N2C=CN(c3cccc[n+]3C)[C@@H]2C)ccc2ccccc12. The van der Waals surface area contributed by atoms with Crippen LogP contribution in [0.2, 0.25) is 0 Å². The quantitative estimate of drug-likeness (QED) is 0.659. The Bertz CT molecular complexity index is 929. The summed E-state index contributed by atoms with van der Waals surface area (Å²) < 4.78 is 2.15. The van der Waals surface area contributed by atoms with Gasteiger partial charge in [0.1, 0.15) is 6.20 Å². The minimum Gasteiger partial charge on any atom is -0.305 e. The molecule has 4 rings (SSSR count). The van der Waals surface area contributed by atoms with Gasteiger partial charge in [-0.15, -0.1) is 0 Å². The highest BCUT2D eigenvalue weighted by molar-refractivity contribution is 5.90. The van der Waals surface area contributed by atoms with E-state index in [4.69, 9.17) is 0 Å². The fourth-order valence-electron chi connectivity index (χ4n) is 3.55. The molecule has 0 saturated carbocycles. The van der Waals surface area contributed by atoms with E-state index in [1.807, 2.05) is 0 Å². The highest BCUT2D eigenvalue weighted by atomic mass is 15.4. The van der Waals surface area contributed by atoms with Crippen molar-refractivity contribution in [1.82, 2.24) is 0 Å². The molecule has 1 aromatic heterocycles. The maximum atomic E-state index is 2.34. The van der Waals surface area contributed by atoms with Crippen LogP contribution < -0.4 is 14.4 Å². The second kappa shape index (κ2) is 5.68. The predicted octanol–water partition coefficient (Wildman–Crippen LogP) is 4.12. The van der Waals surface area contributed by atoms with Crippen LogP contribution in [0.4, 0.5) is 11.5 Å². The molecule has 3 heteroatoms. The molecule has 1 atom stereocenters. The summed E-state index contributed by atoms with van der Waals surface area (Å²) in [6.07, 6.45) is 6.65. The molecule has 2 aromatic carbocycles. The van der Waals surface area contributed by atoms with Gasteiger partial charge in [-0.1, -0.05) is 36.4 Å². The smallest absolute Gasteiger partial charge is 0.282 e. The molecule has 0 aliphatic carbocycles. The average Bonchev–Trinajstić information content (AvgIpc) is 2.97. The lowest BCUT2D eigenvalue weighted by Crippen LogP contribution is -2.43. The van der Waals surface area contributed by atoms with Crippen LogP contribution >= 0.6 is 0 Å². The van der Waals surface area contributed by atoms with E-state index in [-0.39, 0.29) is 6.17 Å². The number of hydrogen-bond acceptors (Lipinski definition) is 2. The standard InChI is InChI=1S/C21H22N3/c1-16-19-9-5-4-8-18(19)11-12-20(16)23-14-15-24(17(23)2)21-10-6-7-13-22(21)3/h4-15,17H,1-3H3/q+1/t17-/m1/s1. The van der Waals surface area contributed by atoms with E-state index in [0.29, 0.717) is 0 Å². The van der Waals surface area contributed by atoms with Crippen molar-refractivity contribution in [3.63, 3.8) is 0 Å². The Balaban J connectivity index is 1.73. The van der Waals surface area contributed by atoms with Crippen molar-refractivity contribution in [3.8, 4) is 0 Å². The first-order chi connectivity index (χ1) is 11.7. The van der Waals surface area contributed by atoms with E-state index < -0.39 is 0 Å². The minimum absolute atomic E-state index is 0.235. The first kappa shape index (κ1) is 14.8. The molecule has 0 spiro atoms. The van der Waals surface area contributed by atoms with Gasteiger partial charge in [-0.3, -0.25) is 0 Å². The van der Waals surface area contributed by atoms with Gasteiger partial charge in [0.05, 0.1) is 13.2 Å². The summed E-state index contributed by atoms with van der Waals surface area (Å²) >= 11 is 0. The number of rotatable bonds is 2. The van der Waals surface area contributed by atoms with Gasteiger partial charge in [-0.25, -0.2) is 9.47 Å². The van der Waals surface area contributed by atoms with E-state index in [9.17, 15) is 0 Å². The number of nitrogens with zero attached hydrogens (tertiary/aromatic N) is 3. The molecule has 1 aliphatic heterocycles. The molecule has 120 valence electrons. The summed E-state index contributed by atoms with van der Waals surface area (Å²) in [5, 5.41) is 2.61. The first-order valence-corrected chi connectivity index (χ1v) is 8.35. The molecule has 24 heavy (non-hydrogen) atoms.